The Balaban J connectivity index is 1.63. The average molecular weight is 320 g/mol. The summed E-state index contributed by atoms with van der Waals surface area (Å²) in [6.45, 7) is 8.61. The fourth-order valence-electron chi connectivity index (χ4n) is 2.73. The van der Waals surface area contributed by atoms with Gasteiger partial charge in [0.1, 0.15) is 11.5 Å². The number of carbonyl (C=O) groups excluding carboxylic acids is 1. The molecule has 0 aliphatic carbocycles. The molecule has 2 rings (SSSR count). The second-order valence-corrected chi connectivity index (χ2v) is 6.14. The maximum atomic E-state index is 12.2. The minimum Gasteiger partial charge on any atom is -0.497 e. The van der Waals surface area contributed by atoms with Crippen LogP contribution >= 0.6 is 0 Å². The third-order valence-electron chi connectivity index (χ3n) is 4.26. The summed E-state index contributed by atoms with van der Waals surface area (Å²) in [7, 11) is 1.64. The molecule has 0 spiro atoms. The molecule has 0 bridgehead atoms. The predicted octanol–water partition coefficient (Wildman–Crippen LogP) is 2.41. The smallest absolute Gasteiger partial charge is 0.222 e. The van der Waals surface area contributed by atoms with E-state index < -0.39 is 0 Å². The van der Waals surface area contributed by atoms with Gasteiger partial charge in [-0.1, -0.05) is 0 Å². The van der Waals surface area contributed by atoms with Gasteiger partial charge in [0.15, 0.2) is 0 Å². The summed E-state index contributed by atoms with van der Waals surface area (Å²) >= 11 is 0. The lowest BCUT2D eigenvalue weighted by molar-refractivity contribution is -0.133. The summed E-state index contributed by atoms with van der Waals surface area (Å²) in [5.41, 5.74) is 0. The highest BCUT2D eigenvalue weighted by Gasteiger charge is 2.21. The average Bonchev–Trinajstić information content (AvgIpc) is 2.59. The number of carbonyl (C=O) groups is 1. The molecule has 1 fully saturated rings. The molecule has 1 aliphatic heterocycles. The number of nitrogens with zero attached hydrogens (tertiary/aromatic N) is 2. The first kappa shape index (κ1) is 17.6. The van der Waals surface area contributed by atoms with Crippen LogP contribution in [0.4, 0.5) is 0 Å². The second-order valence-electron chi connectivity index (χ2n) is 6.14. The van der Waals surface area contributed by atoms with Gasteiger partial charge in [-0.15, -0.1) is 0 Å². The fraction of sp³-hybridized carbons (Fsp3) is 0.611. The number of piperazine rings is 1. The third-order valence-corrected chi connectivity index (χ3v) is 4.26. The third kappa shape index (κ3) is 5.43. The number of hydrogen-bond acceptors (Lipinski definition) is 4. The van der Waals surface area contributed by atoms with Gasteiger partial charge in [0.2, 0.25) is 5.91 Å². The van der Waals surface area contributed by atoms with Crippen LogP contribution in [0.15, 0.2) is 24.3 Å². The lowest BCUT2D eigenvalue weighted by atomic mass is 10.2. The Morgan fingerprint density at radius 2 is 1.70 bits per heavy atom. The maximum absolute atomic E-state index is 12.2. The monoisotopic (exact) mass is 320 g/mol. The highest BCUT2D eigenvalue weighted by molar-refractivity contribution is 5.76. The highest BCUT2D eigenvalue weighted by Crippen LogP contribution is 2.17. The van der Waals surface area contributed by atoms with E-state index in [-0.39, 0.29) is 5.91 Å². The maximum Gasteiger partial charge on any atom is 0.222 e. The van der Waals surface area contributed by atoms with Crippen LogP contribution in [0.1, 0.15) is 26.7 Å². The van der Waals surface area contributed by atoms with Crippen LogP contribution in [0, 0.1) is 0 Å². The summed E-state index contributed by atoms with van der Waals surface area (Å²) in [6, 6.07) is 8.06. The van der Waals surface area contributed by atoms with Crippen molar-refractivity contribution in [2.45, 2.75) is 32.7 Å². The zero-order valence-electron chi connectivity index (χ0n) is 14.5. The van der Waals surface area contributed by atoms with Crippen molar-refractivity contribution in [1.29, 1.82) is 0 Å². The molecule has 0 saturated carbocycles. The van der Waals surface area contributed by atoms with E-state index >= 15 is 0 Å². The standard InChI is InChI=1S/C18H28N2O3/c1-15(2)19-10-12-20(13-11-19)18(21)5-4-14-23-17-8-6-16(22-3)7-9-17/h6-9,15H,4-5,10-14H2,1-3H3. The van der Waals surface area contributed by atoms with Gasteiger partial charge in [-0.3, -0.25) is 9.69 Å². The van der Waals surface area contributed by atoms with Crippen LogP contribution in [0.25, 0.3) is 0 Å². The molecule has 0 atom stereocenters. The van der Waals surface area contributed by atoms with Gasteiger partial charge < -0.3 is 14.4 Å². The van der Waals surface area contributed by atoms with Gasteiger partial charge >= 0.3 is 0 Å². The van der Waals surface area contributed by atoms with Gasteiger partial charge in [-0.05, 0) is 44.5 Å². The van der Waals surface area contributed by atoms with E-state index in [9.17, 15) is 4.79 Å². The van der Waals surface area contributed by atoms with Gasteiger partial charge in [0.25, 0.3) is 0 Å². The van der Waals surface area contributed by atoms with Gasteiger partial charge in [-0.2, -0.15) is 0 Å². The molecule has 1 amide bonds. The Bertz CT molecular complexity index is 480. The van der Waals surface area contributed by atoms with Crippen LogP contribution in [0.3, 0.4) is 0 Å². The van der Waals surface area contributed by atoms with Gasteiger partial charge in [0, 0.05) is 38.6 Å². The number of hydrogen-bond donors (Lipinski definition) is 0. The molecule has 5 nitrogen and oxygen atoms in total. The minimum absolute atomic E-state index is 0.242. The first-order valence-electron chi connectivity index (χ1n) is 8.39. The Kier molecular flexibility index (Phi) is 6.71. The molecule has 0 radical (unpaired) electrons. The Hall–Kier alpha value is -1.75. The topological polar surface area (TPSA) is 42.0 Å². The summed E-state index contributed by atoms with van der Waals surface area (Å²) in [4.78, 5) is 16.6. The largest absolute Gasteiger partial charge is 0.497 e. The summed E-state index contributed by atoms with van der Waals surface area (Å²) in [6.07, 6.45) is 1.30. The van der Waals surface area contributed by atoms with Crippen molar-refractivity contribution in [3.8, 4) is 11.5 Å². The SMILES string of the molecule is COc1ccc(OCCCC(=O)N2CCN(C(C)C)CC2)cc1. The first-order valence-corrected chi connectivity index (χ1v) is 8.39. The molecule has 1 aliphatic rings. The molecule has 0 N–H and O–H groups in total. The summed E-state index contributed by atoms with van der Waals surface area (Å²) in [5, 5.41) is 0. The summed E-state index contributed by atoms with van der Waals surface area (Å²) in [5.74, 6) is 1.86. The molecule has 0 aromatic heterocycles. The lowest BCUT2D eigenvalue weighted by Crippen LogP contribution is -2.50. The second kappa shape index (κ2) is 8.77. The summed E-state index contributed by atoms with van der Waals surface area (Å²) < 4.78 is 10.8. The Morgan fingerprint density at radius 1 is 1.09 bits per heavy atom. The molecular formula is C18H28N2O3. The van der Waals surface area contributed by atoms with Crippen molar-refractivity contribution in [1.82, 2.24) is 9.80 Å². The van der Waals surface area contributed by atoms with Crippen LogP contribution in [0.2, 0.25) is 0 Å². The lowest BCUT2D eigenvalue weighted by Gasteiger charge is -2.37. The zero-order chi connectivity index (χ0) is 16.7. The number of rotatable bonds is 7. The highest BCUT2D eigenvalue weighted by atomic mass is 16.5. The first-order chi connectivity index (χ1) is 11.1. The minimum atomic E-state index is 0.242. The van der Waals surface area contributed by atoms with Crippen LogP contribution in [0.5, 0.6) is 11.5 Å². The normalized spacial score (nSPS) is 15.7. The van der Waals surface area contributed by atoms with E-state index in [1.807, 2.05) is 29.2 Å². The molecule has 1 heterocycles. The van der Waals surface area contributed by atoms with Crippen molar-refractivity contribution in [3.05, 3.63) is 24.3 Å². The van der Waals surface area contributed by atoms with E-state index in [1.54, 1.807) is 7.11 Å². The van der Waals surface area contributed by atoms with Crippen molar-refractivity contribution in [2.24, 2.45) is 0 Å². The molecule has 5 heteroatoms. The Morgan fingerprint density at radius 3 is 2.26 bits per heavy atom. The van der Waals surface area contributed by atoms with Crippen molar-refractivity contribution in [2.75, 3.05) is 39.9 Å². The fourth-order valence-corrected chi connectivity index (χ4v) is 2.73. The molecule has 1 saturated heterocycles. The quantitative estimate of drug-likeness (QED) is 0.724. The van der Waals surface area contributed by atoms with E-state index in [0.29, 0.717) is 19.1 Å². The van der Waals surface area contributed by atoms with E-state index in [2.05, 4.69) is 18.7 Å². The molecule has 1 aromatic carbocycles. The number of benzene rings is 1. The van der Waals surface area contributed by atoms with Crippen molar-refractivity contribution >= 4 is 5.91 Å². The predicted molar refractivity (Wildman–Crippen MR) is 91.0 cm³/mol. The number of methoxy groups -OCH3 is 1. The van der Waals surface area contributed by atoms with Crippen LogP contribution in [-0.2, 0) is 4.79 Å². The number of amides is 1. The van der Waals surface area contributed by atoms with Crippen molar-refractivity contribution in [3.63, 3.8) is 0 Å². The van der Waals surface area contributed by atoms with E-state index in [0.717, 1.165) is 44.1 Å². The van der Waals surface area contributed by atoms with Crippen LogP contribution in [-0.4, -0.2) is 61.6 Å². The molecule has 0 unspecified atom stereocenters. The Labute approximate surface area is 139 Å². The number of ether oxygens (including phenoxy) is 2. The van der Waals surface area contributed by atoms with Crippen LogP contribution < -0.4 is 9.47 Å². The van der Waals surface area contributed by atoms with E-state index in [1.165, 1.54) is 0 Å². The van der Waals surface area contributed by atoms with Gasteiger partial charge in [-0.25, -0.2) is 0 Å². The van der Waals surface area contributed by atoms with Crippen molar-refractivity contribution < 1.29 is 14.3 Å². The molecular weight excluding hydrogens is 292 g/mol. The van der Waals surface area contributed by atoms with E-state index in [4.69, 9.17) is 9.47 Å². The van der Waals surface area contributed by atoms with Gasteiger partial charge in [0.05, 0.1) is 13.7 Å². The molecule has 23 heavy (non-hydrogen) atoms. The zero-order valence-corrected chi connectivity index (χ0v) is 14.5. The molecule has 128 valence electrons. The molecule has 1 aromatic rings.